The summed E-state index contributed by atoms with van der Waals surface area (Å²) >= 11 is 0. The number of rotatable bonds is 5. The van der Waals surface area contributed by atoms with E-state index in [2.05, 4.69) is 0 Å². The van der Waals surface area contributed by atoms with Crippen molar-refractivity contribution in [2.24, 2.45) is 0 Å². The van der Waals surface area contributed by atoms with Gasteiger partial charge in [0.2, 0.25) is 0 Å². The van der Waals surface area contributed by atoms with E-state index in [1.165, 1.54) is 30.3 Å². The lowest BCUT2D eigenvalue weighted by molar-refractivity contribution is -0.143. The first-order valence-electron chi connectivity index (χ1n) is 8.49. The molecule has 1 spiro atoms. The molecule has 1 aromatic rings. The standard InChI is InChI=1S/C18H21FO6S/c1-2-23-17(20)15-11-18(24-9-10-25-18)8-7-16(15)26(21,22)12-13-3-5-14(19)6-4-13/h3-6,11,16H,2,7-10,12H2,1H3. The molecular formula is C18H21FO6S. The summed E-state index contributed by atoms with van der Waals surface area (Å²) in [6.07, 6.45) is 1.98. The van der Waals surface area contributed by atoms with Crippen LogP contribution in [0, 0.1) is 5.82 Å². The Morgan fingerprint density at radius 1 is 1.27 bits per heavy atom. The lowest BCUT2D eigenvalue weighted by Gasteiger charge is -2.33. The van der Waals surface area contributed by atoms with E-state index in [0.29, 0.717) is 25.2 Å². The minimum Gasteiger partial charge on any atom is -0.463 e. The van der Waals surface area contributed by atoms with Crippen LogP contribution in [-0.2, 0) is 34.6 Å². The number of ether oxygens (including phenoxy) is 3. The summed E-state index contributed by atoms with van der Waals surface area (Å²) in [5.41, 5.74) is 0.505. The maximum Gasteiger partial charge on any atom is 0.335 e. The molecule has 2 aliphatic rings. The lowest BCUT2D eigenvalue weighted by Crippen LogP contribution is -2.40. The second-order valence-electron chi connectivity index (χ2n) is 6.29. The quantitative estimate of drug-likeness (QED) is 0.724. The van der Waals surface area contributed by atoms with Gasteiger partial charge in [0.15, 0.2) is 15.6 Å². The first-order chi connectivity index (χ1) is 12.4. The molecule has 0 amide bonds. The molecule has 8 heteroatoms. The molecule has 1 aromatic carbocycles. The fourth-order valence-corrected chi connectivity index (χ4v) is 5.17. The Hall–Kier alpha value is -1.77. The Kier molecular flexibility index (Phi) is 5.45. The van der Waals surface area contributed by atoms with Gasteiger partial charge in [-0.3, -0.25) is 0 Å². The van der Waals surface area contributed by atoms with Gasteiger partial charge >= 0.3 is 5.97 Å². The van der Waals surface area contributed by atoms with Crippen molar-refractivity contribution in [3.63, 3.8) is 0 Å². The van der Waals surface area contributed by atoms with Crippen molar-refractivity contribution in [3.05, 3.63) is 47.3 Å². The highest BCUT2D eigenvalue weighted by atomic mass is 32.2. The highest BCUT2D eigenvalue weighted by molar-refractivity contribution is 7.91. The summed E-state index contributed by atoms with van der Waals surface area (Å²) in [5.74, 6) is -2.46. The van der Waals surface area contributed by atoms with Crippen LogP contribution in [0.25, 0.3) is 0 Å². The van der Waals surface area contributed by atoms with Gasteiger partial charge in [0.1, 0.15) is 5.82 Å². The third-order valence-corrected chi connectivity index (χ3v) is 6.57. The number of halogens is 1. The Labute approximate surface area is 151 Å². The van der Waals surface area contributed by atoms with E-state index in [-0.39, 0.29) is 24.4 Å². The van der Waals surface area contributed by atoms with Gasteiger partial charge in [-0.25, -0.2) is 17.6 Å². The van der Waals surface area contributed by atoms with E-state index in [1.54, 1.807) is 6.92 Å². The highest BCUT2D eigenvalue weighted by Gasteiger charge is 2.45. The van der Waals surface area contributed by atoms with Gasteiger partial charge in [-0.05, 0) is 37.1 Å². The fraction of sp³-hybridized carbons (Fsp3) is 0.500. The average molecular weight is 384 g/mol. The molecule has 1 heterocycles. The third-order valence-electron chi connectivity index (χ3n) is 4.48. The summed E-state index contributed by atoms with van der Waals surface area (Å²) in [6.45, 7) is 2.57. The molecular weight excluding hydrogens is 363 g/mol. The summed E-state index contributed by atoms with van der Waals surface area (Å²) in [5, 5.41) is -1.01. The minimum absolute atomic E-state index is 0.0436. The third kappa shape index (κ3) is 3.97. The summed E-state index contributed by atoms with van der Waals surface area (Å²) in [6, 6.07) is 5.27. The number of benzene rings is 1. The summed E-state index contributed by atoms with van der Waals surface area (Å²) < 4.78 is 55.1. The predicted molar refractivity (Wildman–Crippen MR) is 91.4 cm³/mol. The number of carbonyl (C=O) groups excluding carboxylic acids is 1. The largest absolute Gasteiger partial charge is 0.463 e. The zero-order chi connectivity index (χ0) is 18.8. The maximum atomic E-state index is 13.0. The van der Waals surface area contributed by atoms with Gasteiger partial charge in [0, 0.05) is 6.42 Å². The molecule has 1 fully saturated rings. The van der Waals surface area contributed by atoms with Crippen LogP contribution in [0.2, 0.25) is 0 Å². The van der Waals surface area contributed by atoms with Crippen LogP contribution in [0.5, 0.6) is 0 Å². The second-order valence-corrected chi connectivity index (χ2v) is 8.47. The van der Waals surface area contributed by atoms with Crippen molar-refractivity contribution in [2.45, 2.75) is 36.6 Å². The number of esters is 1. The monoisotopic (exact) mass is 384 g/mol. The van der Waals surface area contributed by atoms with Gasteiger partial charge in [0.25, 0.3) is 0 Å². The lowest BCUT2D eigenvalue weighted by atomic mass is 9.94. The van der Waals surface area contributed by atoms with E-state index >= 15 is 0 Å². The maximum absolute atomic E-state index is 13.0. The second kappa shape index (κ2) is 7.46. The van der Waals surface area contributed by atoms with E-state index in [4.69, 9.17) is 14.2 Å². The number of carbonyl (C=O) groups is 1. The molecule has 1 atom stereocenters. The van der Waals surface area contributed by atoms with Crippen molar-refractivity contribution in [1.29, 1.82) is 0 Å². The Bertz CT molecular complexity index is 793. The molecule has 0 aromatic heterocycles. The van der Waals surface area contributed by atoms with Crippen LogP contribution in [0.15, 0.2) is 35.9 Å². The van der Waals surface area contributed by atoms with Crippen molar-refractivity contribution in [2.75, 3.05) is 19.8 Å². The van der Waals surface area contributed by atoms with Gasteiger partial charge in [0.05, 0.1) is 36.4 Å². The molecule has 0 bridgehead atoms. The van der Waals surface area contributed by atoms with Gasteiger partial charge in [-0.1, -0.05) is 12.1 Å². The minimum atomic E-state index is -3.71. The van der Waals surface area contributed by atoms with Gasteiger partial charge in [-0.2, -0.15) is 0 Å². The molecule has 142 valence electrons. The number of sulfone groups is 1. The van der Waals surface area contributed by atoms with E-state index in [9.17, 15) is 17.6 Å². The first-order valence-corrected chi connectivity index (χ1v) is 10.2. The molecule has 1 aliphatic carbocycles. The van der Waals surface area contributed by atoms with Crippen molar-refractivity contribution in [1.82, 2.24) is 0 Å². The smallest absolute Gasteiger partial charge is 0.335 e. The van der Waals surface area contributed by atoms with E-state index in [1.807, 2.05) is 0 Å². The Morgan fingerprint density at radius 2 is 1.92 bits per heavy atom. The molecule has 1 aliphatic heterocycles. The zero-order valence-corrected chi connectivity index (χ0v) is 15.3. The van der Waals surface area contributed by atoms with Crippen LogP contribution < -0.4 is 0 Å². The topological polar surface area (TPSA) is 78.9 Å². The summed E-state index contributed by atoms with van der Waals surface area (Å²) in [4.78, 5) is 12.4. The molecule has 1 saturated heterocycles. The molecule has 0 radical (unpaired) electrons. The van der Waals surface area contributed by atoms with Crippen LogP contribution in [0.1, 0.15) is 25.3 Å². The normalized spacial score (nSPS) is 22.2. The first kappa shape index (κ1) is 19.0. The zero-order valence-electron chi connectivity index (χ0n) is 14.4. The fourth-order valence-electron chi connectivity index (χ4n) is 3.28. The molecule has 1 unspecified atom stereocenters. The highest BCUT2D eigenvalue weighted by Crippen LogP contribution is 2.38. The van der Waals surface area contributed by atoms with Crippen LogP contribution >= 0.6 is 0 Å². The average Bonchev–Trinajstić information content (AvgIpc) is 3.04. The molecule has 26 heavy (non-hydrogen) atoms. The van der Waals surface area contributed by atoms with Crippen molar-refractivity contribution >= 4 is 15.8 Å². The molecule has 6 nitrogen and oxygen atoms in total. The summed E-state index contributed by atoms with van der Waals surface area (Å²) in [7, 11) is -3.71. The van der Waals surface area contributed by atoms with Gasteiger partial charge < -0.3 is 14.2 Å². The van der Waals surface area contributed by atoms with E-state index < -0.39 is 32.7 Å². The van der Waals surface area contributed by atoms with E-state index in [0.717, 1.165) is 0 Å². The molecule has 3 rings (SSSR count). The van der Waals surface area contributed by atoms with Crippen molar-refractivity contribution < 1.29 is 31.8 Å². The van der Waals surface area contributed by atoms with Crippen molar-refractivity contribution in [3.8, 4) is 0 Å². The SMILES string of the molecule is CCOC(=O)C1=CC2(CCC1S(=O)(=O)Cc1ccc(F)cc1)OCCO2. The Morgan fingerprint density at radius 3 is 2.54 bits per heavy atom. The predicted octanol–water partition coefficient (Wildman–Crippen LogP) is 2.14. The molecule has 0 N–H and O–H groups in total. The van der Waals surface area contributed by atoms with Crippen LogP contribution in [0.3, 0.4) is 0 Å². The van der Waals surface area contributed by atoms with Crippen LogP contribution in [-0.4, -0.2) is 45.2 Å². The van der Waals surface area contributed by atoms with Gasteiger partial charge in [-0.15, -0.1) is 0 Å². The molecule has 0 saturated carbocycles. The van der Waals surface area contributed by atoms with Crippen LogP contribution in [0.4, 0.5) is 4.39 Å². The number of hydrogen-bond acceptors (Lipinski definition) is 6. The number of hydrogen-bond donors (Lipinski definition) is 0. The Balaban J connectivity index is 1.90.